The van der Waals surface area contributed by atoms with Gasteiger partial charge in [-0.15, -0.1) is 0 Å². The SMILES string of the molecule is Cc1cccc(N2CCN(Cc3ccccc3[N+](=O)[O-])CC2)c1C. The van der Waals surface area contributed by atoms with Crippen molar-refractivity contribution in [3.8, 4) is 0 Å². The summed E-state index contributed by atoms with van der Waals surface area (Å²) >= 11 is 0. The summed E-state index contributed by atoms with van der Waals surface area (Å²) in [7, 11) is 0. The number of piperazine rings is 1. The molecule has 0 atom stereocenters. The van der Waals surface area contributed by atoms with Gasteiger partial charge in [0, 0.05) is 50.0 Å². The molecule has 1 fully saturated rings. The second-order valence-corrected chi connectivity index (χ2v) is 6.37. The number of rotatable bonds is 4. The van der Waals surface area contributed by atoms with Crippen LogP contribution in [0.5, 0.6) is 0 Å². The monoisotopic (exact) mass is 325 g/mol. The number of hydrogen-bond acceptors (Lipinski definition) is 4. The molecule has 3 rings (SSSR count). The first-order valence-corrected chi connectivity index (χ1v) is 8.32. The number of nitro benzene ring substituents is 1. The number of anilines is 1. The fraction of sp³-hybridized carbons (Fsp3) is 0.368. The third-order valence-electron chi connectivity index (χ3n) is 4.87. The largest absolute Gasteiger partial charge is 0.369 e. The standard InChI is InChI=1S/C19H23N3O2/c1-15-6-5-9-18(16(15)2)21-12-10-20(11-13-21)14-17-7-3-4-8-19(17)22(23)24/h3-9H,10-14H2,1-2H3. The summed E-state index contributed by atoms with van der Waals surface area (Å²) in [4.78, 5) is 15.6. The fourth-order valence-electron chi connectivity index (χ4n) is 3.29. The molecule has 2 aromatic carbocycles. The number of para-hydroxylation sites is 1. The molecular formula is C19H23N3O2. The Morgan fingerprint density at radius 1 is 1.00 bits per heavy atom. The zero-order chi connectivity index (χ0) is 17.1. The lowest BCUT2D eigenvalue weighted by Crippen LogP contribution is -2.46. The first kappa shape index (κ1) is 16.5. The summed E-state index contributed by atoms with van der Waals surface area (Å²) < 4.78 is 0. The van der Waals surface area contributed by atoms with Gasteiger partial charge in [-0.2, -0.15) is 0 Å². The van der Waals surface area contributed by atoms with Gasteiger partial charge < -0.3 is 4.90 Å². The van der Waals surface area contributed by atoms with Crippen LogP contribution in [-0.2, 0) is 6.54 Å². The van der Waals surface area contributed by atoms with Crippen LogP contribution in [0.3, 0.4) is 0 Å². The van der Waals surface area contributed by atoms with Crippen LogP contribution in [0.4, 0.5) is 11.4 Å². The van der Waals surface area contributed by atoms with Crippen molar-refractivity contribution in [3.63, 3.8) is 0 Å². The summed E-state index contributed by atoms with van der Waals surface area (Å²) in [6, 6.07) is 13.5. The first-order valence-electron chi connectivity index (χ1n) is 8.32. The lowest BCUT2D eigenvalue weighted by molar-refractivity contribution is -0.385. The molecule has 0 radical (unpaired) electrons. The van der Waals surface area contributed by atoms with Crippen molar-refractivity contribution in [2.45, 2.75) is 20.4 Å². The molecule has 0 N–H and O–H groups in total. The Bertz CT molecular complexity index is 737. The Kier molecular flexibility index (Phi) is 4.81. The van der Waals surface area contributed by atoms with Crippen LogP contribution in [-0.4, -0.2) is 36.0 Å². The molecule has 5 heteroatoms. The van der Waals surface area contributed by atoms with Crippen LogP contribution in [0.2, 0.25) is 0 Å². The molecule has 5 nitrogen and oxygen atoms in total. The van der Waals surface area contributed by atoms with Gasteiger partial charge in [-0.05, 0) is 31.0 Å². The Labute approximate surface area is 142 Å². The molecule has 2 aromatic rings. The smallest absolute Gasteiger partial charge is 0.273 e. The number of aryl methyl sites for hydroxylation is 1. The summed E-state index contributed by atoms with van der Waals surface area (Å²) in [6.45, 7) is 8.68. The van der Waals surface area contributed by atoms with Crippen molar-refractivity contribution in [3.05, 3.63) is 69.3 Å². The van der Waals surface area contributed by atoms with Gasteiger partial charge >= 0.3 is 0 Å². The molecule has 0 bridgehead atoms. The first-order chi connectivity index (χ1) is 11.6. The average Bonchev–Trinajstić information content (AvgIpc) is 2.58. The topological polar surface area (TPSA) is 49.6 Å². The van der Waals surface area contributed by atoms with Crippen LogP contribution >= 0.6 is 0 Å². The zero-order valence-electron chi connectivity index (χ0n) is 14.2. The van der Waals surface area contributed by atoms with Gasteiger partial charge in [-0.25, -0.2) is 0 Å². The minimum atomic E-state index is -0.290. The summed E-state index contributed by atoms with van der Waals surface area (Å²) in [5, 5.41) is 11.1. The maximum atomic E-state index is 11.1. The predicted octanol–water partition coefficient (Wildman–Crippen LogP) is 3.53. The van der Waals surface area contributed by atoms with Gasteiger partial charge in [0.1, 0.15) is 0 Å². The van der Waals surface area contributed by atoms with E-state index < -0.39 is 0 Å². The Morgan fingerprint density at radius 2 is 1.71 bits per heavy atom. The molecule has 0 unspecified atom stereocenters. The molecule has 1 aliphatic rings. The van der Waals surface area contributed by atoms with Crippen LogP contribution in [0.15, 0.2) is 42.5 Å². The summed E-state index contributed by atoms with van der Waals surface area (Å²) in [6.07, 6.45) is 0. The molecule has 1 saturated heterocycles. The Balaban J connectivity index is 1.66. The van der Waals surface area contributed by atoms with E-state index in [2.05, 4.69) is 41.8 Å². The lowest BCUT2D eigenvalue weighted by atomic mass is 10.1. The zero-order valence-corrected chi connectivity index (χ0v) is 14.2. The van der Waals surface area contributed by atoms with E-state index in [0.29, 0.717) is 6.54 Å². The Morgan fingerprint density at radius 3 is 2.42 bits per heavy atom. The molecule has 1 aliphatic heterocycles. The van der Waals surface area contributed by atoms with Crippen molar-refractivity contribution in [1.82, 2.24) is 4.90 Å². The van der Waals surface area contributed by atoms with Crippen LogP contribution in [0.1, 0.15) is 16.7 Å². The highest BCUT2D eigenvalue weighted by Crippen LogP contribution is 2.25. The lowest BCUT2D eigenvalue weighted by Gasteiger charge is -2.37. The molecule has 0 spiro atoms. The minimum Gasteiger partial charge on any atom is -0.369 e. The molecule has 1 heterocycles. The number of benzene rings is 2. The van der Waals surface area contributed by atoms with Gasteiger partial charge in [0.25, 0.3) is 5.69 Å². The third-order valence-corrected chi connectivity index (χ3v) is 4.87. The highest BCUT2D eigenvalue weighted by atomic mass is 16.6. The van der Waals surface area contributed by atoms with E-state index in [1.165, 1.54) is 16.8 Å². The van der Waals surface area contributed by atoms with Gasteiger partial charge in [-0.1, -0.05) is 30.3 Å². The highest BCUT2D eigenvalue weighted by molar-refractivity contribution is 5.56. The number of nitro groups is 1. The normalized spacial score (nSPS) is 15.5. The van der Waals surface area contributed by atoms with Crippen molar-refractivity contribution >= 4 is 11.4 Å². The predicted molar refractivity (Wildman–Crippen MR) is 96.5 cm³/mol. The van der Waals surface area contributed by atoms with Crippen molar-refractivity contribution in [2.24, 2.45) is 0 Å². The second-order valence-electron chi connectivity index (χ2n) is 6.37. The van der Waals surface area contributed by atoms with E-state index in [4.69, 9.17) is 0 Å². The van der Waals surface area contributed by atoms with Gasteiger partial charge in [0.2, 0.25) is 0 Å². The van der Waals surface area contributed by atoms with Gasteiger partial charge in [-0.3, -0.25) is 15.0 Å². The van der Waals surface area contributed by atoms with E-state index in [-0.39, 0.29) is 10.6 Å². The number of hydrogen-bond donors (Lipinski definition) is 0. The quantitative estimate of drug-likeness (QED) is 0.637. The molecule has 0 saturated carbocycles. The van der Waals surface area contributed by atoms with Crippen LogP contribution in [0.25, 0.3) is 0 Å². The fourth-order valence-corrected chi connectivity index (χ4v) is 3.29. The van der Waals surface area contributed by atoms with Gasteiger partial charge in [0.15, 0.2) is 0 Å². The van der Waals surface area contributed by atoms with Crippen LogP contribution < -0.4 is 4.90 Å². The molecule has 24 heavy (non-hydrogen) atoms. The minimum absolute atomic E-state index is 0.217. The molecule has 126 valence electrons. The van der Waals surface area contributed by atoms with Gasteiger partial charge in [0.05, 0.1) is 4.92 Å². The summed E-state index contributed by atoms with van der Waals surface area (Å²) in [5.74, 6) is 0. The Hall–Kier alpha value is -2.40. The van der Waals surface area contributed by atoms with E-state index in [1.54, 1.807) is 12.1 Å². The summed E-state index contributed by atoms with van der Waals surface area (Å²) in [5.41, 5.74) is 4.97. The van der Waals surface area contributed by atoms with Crippen molar-refractivity contribution in [1.29, 1.82) is 0 Å². The average molecular weight is 325 g/mol. The second kappa shape index (κ2) is 7.01. The molecular weight excluding hydrogens is 302 g/mol. The number of nitrogens with zero attached hydrogens (tertiary/aromatic N) is 3. The maximum absolute atomic E-state index is 11.1. The van der Waals surface area contributed by atoms with E-state index >= 15 is 0 Å². The van der Waals surface area contributed by atoms with Crippen molar-refractivity contribution < 1.29 is 4.92 Å². The van der Waals surface area contributed by atoms with E-state index in [9.17, 15) is 10.1 Å². The molecule has 0 aromatic heterocycles. The van der Waals surface area contributed by atoms with E-state index in [0.717, 1.165) is 31.7 Å². The molecule has 0 aliphatic carbocycles. The maximum Gasteiger partial charge on any atom is 0.273 e. The molecule has 0 amide bonds. The van der Waals surface area contributed by atoms with Crippen molar-refractivity contribution in [2.75, 3.05) is 31.1 Å². The third kappa shape index (κ3) is 3.41. The van der Waals surface area contributed by atoms with Crippen LogP contribution in [0, 0.1) is 24.0 Å². The highest BCUT2D eigenvalue weighted by Gasteiger charge is 2.21. The van der Waals surface area contributed by atoms with E-state index in [1.807, 2.05) is 12.1 Å².